The van der Waals surface area contributed by atoms with E-state index in [0.717, 1.165) is 0 Å². The first-order valence-electron chi connectivity index (χ1n) is 3.61. The second kappa shape index (κ2) is 7.02. The second-order valence-corrected chi connectivity index (χ2v) is 2.32. The third kappa shape index (κ3) is 7.46. The summed E-state index contributed by atoms with van der Waals surface area (Å²) >= 11 is 0. The maximum atomic E-state index is 10.8. The van der Waals surface area contributed by atoms with Crippen LogP contribution in [0.4, 0.5) is 0 Å². The number of rotatable bonds is 6. The molecule has 0 aliphatic rings. The predicted molar refractivity (Wildman–Crippen MR) is 42.5 cm³/mol. The fourth-order valence-electron chi connectivity index (χ4n) is 0.528. The number of hydrogen-bond donors (Lipinski definition) is 0. The fourth-order valence-corrected chi connectivity index (χ4v) is 0.528. The van der Waals surface area contributed by atoms with Gasteiger partial charge >= 0.3 is 5.97 Å². The van der Waals surface area contributed by atoms with Crippen molar-refractivity contribution in [2.45, 2.75) is 0 Å². The van der Waals surface area contributed by atoms with Gasteiger partial charge in [0.25, 0.3) is 0 Å². The van der Waals surface area contributed by atoms with E-state index in [-0.39, 0.29) is 6.61 Å². The van der Waals surface area contributed by atoms with Crippen LogP contribution in [0.2, 0.25) is 0 Å². The molecule has 0 atom stereocenters. The standard InChI is InChI=1S/C7H15NO4/c1-8(2)12-7(9)6-11-5-4-10-3/h4-6H2,1-3H3. The van der Waals surface area contributed by atoms with Crippen molar-refractivity contribution in [3.8, 4) is 0 Å². The average molecular weight is 177 g/mol. The minimum Gasteiger partial charge on any atom is -0.382 e. The summed E-state index contributed by atoms with van der Waals surface area (Å²) in [5.41, 5.74) is 0. The first-order chi connectivity index (χ1) is 5.66. The summed E-state index contributed by atoms with van der Waals surface area (Å²) in [6.45, 7) is 0.843. The van der Waals surface area contributed by atoms with Crippen molar-refractivity contribution in [3.05, 3.63) is 0 Å². The van der Waals surface area contributed by atoms with Crippen molar-refractivity contribution in [1.29, 1.82) is 0 Å². The summed E-state index contributed by atoms with van der Waals surface area (Å²) in [5, 5.41) is 1.32. The lowest BCUT2D eigenvalue weighted by atomic mass is 10.7. The quantitative estimate of drug-likeness (QED) is 0.410. The van der Waals surface area contributed by atoms with Crippen LogP contribution in [0.15, 0.2) is 0 Å². The second-order valence-electron chi connectivity index (χ2n) is 2.32. The number of ether oxygens (including phenoxy) is 2. The number of carbonyl (C=O) groups is 1. The zero-order valence-corrected chi connectivity index (χ0v) is 7.70. The van der Waals surface area contributed by atoms with E-state index < -0.39 is 5.97 Å². The SMILES string of the molecule is COCCOCC(=O)ON(C)C. The molecule has 0 aromatic carbocycles. The Labute approximate surface area is 72.1 Å². The number of hydrogen-bond acceptors (Lipinski definition) is 5. The third-order valence-electron chi connectivity index (χ3n) is 0.936. The van der Waals surface area contributed by atoms with E-state index in [9.17, 15) is 4.79 Å². The number of hydroxylamine groups is 2. The Morgan fingerprint density at radius 3 is 2.50 bits per heavy atom. The van der Waals surface area contributed by atoms with Gasteiger partial charge in [-0.15, -0.1) is 5.06 Å². The van der Waals surface area contributed by atoms with Gasteiger partial charge in [0.1, 0.15) is 6.61 Å². The van der Waals surface area contributed by atoms with Crippen LogP contribution in [0.3, 0.4) is 0 Å². The maximum absolute atomic E-state index is 10.8. The van der Waals surface area contributed by atoms with Gasteiger partial charge in [0.15, 0.2) is 0 Å². The summed E-state index contributed by atoms with van der Waals surface area (Å²) in [5.74, 6) is -0.406. The van der Waals surface area contributed by atoms with E-state index in [2.05, 4.69) is 4.84 Å². The molecule has 0 bridgehead atoms. The number of nitrogens with zero attached hydrogens (tertiary/aromatic N) is 1. The van der Waals surface area contributed by atoms with Crippen molar-refractivity contribution >= 4 is 5.97 Å². The maximum Gasteiger partial charge on any atom is 0.350 e. The first-order valence-corrected chi connectivity index (χ1v) is 3.61. The normalized spacial score (nSPS) is 10.3. The zero-order chi connectivity index (χ0) is 9.40. The van der Waals surface area contributed by atoms with Gasteiger partial charge in [-0.25, -0.2) is 4.79 Å². The predicted octanol–water partition coefficient (Wildman–Crippen LogP) is -0.331. The van der Waals surface area contributed by atoms with E-state index in [4.69, 9.17) is 9.47 Å². The highest BCUT2D eigenvalue weighted by molar-refractivity contribution is 5.70. The lowest BCUT2D eigenvalue weighted by Gasteiger charge is -2.09. The Hall–Kier alpha value is -0.650. The van der Waals surface area contributed by atoms with Gasteiger partial charge in [0.05, 0.1) is 13.2 Å². The minimum atomic E-state index is -0.406. The average Bonchev–Trinajstić information content (AvgIpc) is 1.97. The molecule has 0 heterocycles. The molecule has 0 rings (SSSR count). The van der Waals surface area contributed by atoms with Crippen LogP contribution < -0.4 is 0 Å². The van der Waals surface area contributed by atoms with Crippen LogP contribution in [0.5, 0.6) is 0 Å². The van der Waals surface area contributed by atoms with E-state index in [1.54, 1.807) is 21.2 Å². The minimum absolute atomic E-state index is 0.0401. The van der Waals surface area contributed by atoms with Crippen molar-refractivity contribution < 1.29 is 19.1 Å². The van der Waals surface area contributed by atoms with Gasteiger partial charge in [-0.1, -0.05) is 0 Å². The molecular formula is C7H15NO4. The lowest BCUT2D eigenvalue weighted by Crippen LogP contribution is -2.22. The van der Waals surface area contributed by atoms with Crippen LogP contribution in [0, 0.1) is 0 Å². The molecule has 0 saturated heterocycles. The van der Waals surface area contributed by atoms with Gasteiger partial charge in [-0.3, -0.25) is 0 Å². The topological polar surface area (TPSA) is 48.0 Å². The van der Waals surface area contributed by atoms with Gasteiger partial charge in [0, 0.05) is 21.2 Å². The van der Waals surface area contributed by atoms with Gasteiger partial charge < -0.3 is 14.3 Å². The molecule has 0 saturated carbocycles. The summed E-state index contributed by atoms with van der Waals surface area (Å²) < 4.78 is 9.63. The monoisotopic (exact) mass is 177 g/mol. The van der Waals surface area contributed by atoms with Crippen LogP contribution in [0.1, 0.15) is 0 Å². The van der Waals surface area contributed by atoms with Gasteiger partial charge in [0.2, 0.25) is 0 Å². The van der Waals surface area contributed by atoms with Crippen LogP contribution >= 0.6 is 0 Å². The van der Waals surface area contributed by atoms with Crippen LogP contribution in [-0.4, -0.2) is 52.1 Å². The van der Waals surface area contributed by atoms with E-state index >= 15 is 0 Å². The Morgan fingerprint density at radius 2 is 2.00 bits per heavy atom. The molecule has 0 aromatic heterocycles. The molecule has 0 spiro atoms. The molecule has 0 amide bonds. The summed E-state index contributed by atoms with van der Waals surface area (Å²) in [6.07, 6.45) is 0. The highest BCUT2D eigenvalue weighted by Gasteiger charge is 2.03. The summed E-state index contributed by atoms with van der Waals surface area (Å²) in [6, 6.07) is 0. The number of carbonyl (C=O) groups excluding carboxylic acids is 1. The van der Waals surface area contributed by atoms with E-state index in [1.807, 2.05) is 0 Å². The molecule has 5 heteroatoms. The molecule has 0 aromatic rings. The largest absolute Gasteiger partial charge is 0.382 e. The van der Waals surface area contributed by atoms with E-state index in [1.165, 1.54) is 5.06 Å². The Bertz CT molecular complexity index is 127. The molecule has 0 radical (unpaired) electrons. The van der Waals surface area contributed by atoms with Gasteiger partial charge in [-0.2, -0.15) is 0 Å². The zero-order valence-electron chi connectivity index (χ0n) is 7.70. The molecule has 0 aliphatic carbocycles. The fraction of sp³-hybridized carbons (Fsp3) is 0.857. The Balaban J connectivity index is 3.20. The van der Waals surface area contributed by atoms with Crippen molar-refractivity contribution in [2.24, 2.45) is 0 Å². The molecule has 72 valence electrons. The lowest BCUT2D eigenvalue weighted by molar-refractivity contribution is -0.183. The van der Waals surface area contributed by atoms with Crippen molar-refractivity contribution in [1.82, 2.24) is 5.06 Å². The van der Waals surface area contributed by atoms with Crippen molar-refractivity contribution in [3.63, 3.8) is 0 Å². The smallest absolute Gasteiger partial charge is 0.350 e. The molecule has 0 N–H and O–H groups in total. The van der Waals surface area contributed by atoms with E-state index in [0.29, 0.717) is 13.2 Å². The van der Waals surface area contributed by atoms with Gasteiger partial charge in [-0.05, 0) is 0 Å². The highest BCUT2D eigenvalue weighted by atomic mass is 16.7. The molecule has 12 heavy (non-hydrogen) atoms. The Morgan fingerprint density at radius 1 is 1.33 bits per heavy atom. The third-order valence-corrected chi connectivity index (χ3v) is 0.936. The molecule has 5 nitrogen and oxygen atoms in total. The molecule has 0 aliphatic heterocycles. The Kier molecular flexibility index (Phi) is 6.64. The molecule has 0 fully saturated rings. The highest BCUT2D eigenvalue weighted by Crippen LogP contribution is 1.83. The molecular weight excluding hydrogens is 162 g/mol. The van der Waals surface area contributed by atoms with Crippen LogP contribution in [-0.2, 0) is 19.1 Å². The first kappa shape index (κ1) is 11.4. The number of methoxy groups -OCH3 is 1. The van der Waals surface area contributed by atoms with Crippen LogP contribution in [0.25, 0.3) is 0 Å². The summed E-state index contributed by atoms with van der Waals surface area (Å²) in [7, 11) is 4.83. The summed E-state index contributed by atoms with van der Waals surface area (Å²) in [4.78, 5) is 15.4. The molecule has 0 unspecified atom stereocenters. The van der Waals surface area contributed by atoms with Crippen molar-refractivity contribution in [2.75, 3.05) is 41.0 Å².